The normalized spacial score (nSPS) is 11.4. The molecule has 0 aliphatic carbocycles. The molecular weight excluding hydrogens is 294 g/mol. The molecule has 0 unspecified atom stereocenters. The largest absolute Gasteiger partial charge is 0.482 e. The highest BCUT2D eigenvalue weighted by Gasteiger charge is 2.11. The Morgan fingerprint density at radius 2 is 2.18 bits per heavy atom. The van der Waals surface area contributed by atoms with Crippen LogP contribution in [0.2, 0.25) is 0 Å². The zero-order valence-electron chi connectivity index (χ0n) is 11.0. The summed E-state index contributed by atoms with van der Waals surface area (Å²) in [7, 11) is 0. The van der Waals surface area contributed by atoms with Gasteiger partial charge in [0.2, 0.25) is 0 Å². The van der Waals surface area contributed by atoms with E-state index in [-0.39, 0.29) is 12.4 Å². The van der Waals surface area contributed by atoms with Crippen molar-refractivity contribution in [3.8, 4) is 5.75 Å². The Kier molecular flexibility index (Phi) is 2.71. The van der Waals surface area contributed by atoms with E-state index in [1.807, 2.05) is 0 Å². The van der Waals surface area contributed by atoms with Gasteiger partial charge in [-0.3, -0.25) is 5.10 Å². The third kappa shape index (κ3) is 2.03. The number of aromatic nitrogens is 6. The summed E-state index contributed by atoms with van der Waals surface area (Å²) < 4.78 is 33.1. The quantitative estimate of drug-likeness (QED) is 0.624. The fraction of sp³-hybridized carbons (Fsp3) is 0.0769. The number of halogens is 2. The average molecular weight is 302 g/mol. The molecule has 0 radical (unpaired) electrons. The Morgan fingerprint density at radius 1 is 1.27 bits per heavy atom. The van der Waals surface area contributed by atoms with Crippen LogP contribution in [0, 0.1) is 11.6 Å². The number of H-pyrrole nitrogens is 1. The number of benzene rings is 1. The maximum absolute atomic E-state index is 13.5. The Hall–Kier alpha value is -3.10. The van der Waals surface area contributed by atoms with E-state index in [0.717, 1.165) is 12.1 Å². The molecule has 0 saturated carbocycles. The molecule has 0 aliphatic rings. The van der Waals surface area contributed by atoms with Crippen molar-refractivity contribution in [2.24, 2.45) is 0 Å². The van der Waals surface area contributed by atoms with Gasteiger partial charge in [-0.2, -0.15) is 5.10 Å². The lowest BCUT2D eigenvalue weighted by Gasteiger charge is -2.04. The molecule has 0 saturated heterocycles. The number of nitrogens with zero attached hydrogens (tertiary/aromatic N) is 5. The van der Waals surface area contributed by atoms with E-state index in [1.54, 1.807) is 6.20 Å². The highest BCUT2D eigenvalue weighted by Crippen LogP contribution is 2.19. The van der Waals surface area contributed by atoms with E-state index < -0.39 is 11.6 Å². The minimum atomic E-state index is -0.775. The van der Waals surface area contributed by atoms with Gasteiger partial charge in [-0.05, 0) is 12.1 Å². The zero-order valence-corrected chi connectivity index (χ0v) is 11.0. The maximum atomic E-state index is 13.5. The van der Waals surface area contributed by atoms with Crippen LogP contribution >= 0.6 is 0 Å². The molecule has 0 spiro atoms. The van der Waals surface area contributed by atoms with Gasteiger partial charge in [-0.1, -0.05) is 0 Å². The number of aromatic amines is 1. The van der Waals surface area contributed by atoms with Crippen LogP contribution in [-0.4, -0.2) is 29.8 Å². The van der Waals surface area contributed by atoms with Gasteiger partial charge in [-0.15, -0.1) is 5.10 Å². The Balaban J connectivity index is 1.64. The van der Waals surface area contributed by atoms with Crippen molar-refractivity contribution >= 4 is 16.7 Å². The molecule has 0 aliphatic heterocycles. The summed E-state index contributed by atoms with van der Waals surface area (Å²) in [6.45, 7) is -0.0520. The molecule has 0 fully saturated rings. The summed E-state index contributed by atoms with van der Waals surface area (Å²) in [5.41, 5.74) is 1.16. The van der Waals surface area contributed by atoms with E-state index in [0.29, 0.717) is 22.5 Å². The lowest BCUT2D eigenvalue weighted by Crippen LogP contribution is -2.00. The van der Waals surface area contributed by atoms with Crippen molar-refractivity contribution in [1.29, 1.82) is 0 Å². The first-order valence-corrected chi connectivity index (χ1v) is 6.32. The van der Waals surface area contributed by atoms with Crippen LogP contribution in [0.3, 0.4) is 0 Å². The molecule has 110 valence electrons. The molecule has 4 rings (SSSR count). The molecule has 22 heavy (non-hydrogen) atoms. The smallest absolute Gasteiger partial charge is 0.189 e. The third-order valence-electron chi connectivity index (χ3n) is 3.08. The summed E-state index contributed by atoms with van der Waals surface area (Å²) >= 11 is 0. The second-order valence-corrected chi connectivity index (χ2v) is 4.54. The minimum Gasteiger partial charge on any atom is -0.482 e. The first-order chi connectivity index (χ1) is 10.7. The first kappa shape index (κ1) is 12.6. The summed E-state index contributed by atoms with van der Waals surface area (Å²) in [5, 5.41) is 11.5. The van der Waals surface area contributed by atoms with Crippen LogP contribution in [0.1, 0.15) is 5.82 Å². The molecule has 0 atom stereocenters. The molecule has 1 N–H and O–H groups in total. The van der Waals surface area contributed by atoms with Crippen molar-refractivity contribution in [2.75, 3.05) is 0 Å². The molecular formula is C13H8F2N6O. The topological polar surface area (TPSA) is 81.0 Å². The summed E-state index contributed by atoms with van der Waals surface area (Å²) in [6.07, 6.45) is 3.08. The van der Waals surface area contributed by atoms with Gasteiger partial charge in [0.05, 0.1) is 11.6 Å². The van der Waals surface area contributed by atoms with Crippen LogP contribution in [0.25, 0.3) is 16.7 Å². The molecule has 3 heterocycles. The van der Waals surface area contributed by atoms with E-state index in [1.165, 1.54) is 16.9 Å². The number of ether oxygens (including phenoxy) is 1. The van der Waals surface area contributed by atoms with Gasteiger partial charge in [0.25, 0.3) is 0 Å². The highest BCUT2D eigenvalue weighted by atomic mass is 19.1. The molecule has 0 amide bonds. The van der Waals surface area contributed by atoms with E-state index in [4.69, 9.17) is 4.74 Å². The standard InChI is InChI=1S/C13H8F2N6O/c14-7-1-2-10(9(15)3-7)22-5-11-18-13-8-4-17-19-12(8)16-6-21(13)20-11/h1-4,6H,5H2,(H,17,19). The number of fused-ring (bicyclic) bond motifs is 3. The van der Waals surface area contributed by atoms with Gasteiger partial charge < -0.3 is 4.74 Å². The van der Waals surface area contributed by atoms with Crippen LogP contribution in [0.15, 0.2) is 30.7 Å². The fourth-order valence-corrected chi connectivity index (χ4v) is 2.08. The average Bonchev–Trinajstić information content (AvgIpc) is 3.11. The van der Waals surface area contributed by atoms with Crippen LogP contribution in [0.4, 0.5) is 8.78 Å². The molecule has 4 aromatic rings. The summed E-state index contributed by atoms with van der Waals surface area (Å²) in [6, 6.07) is 3.09. The minimum absolute atomic E-state index is 0.0520. The van der Waals surface area contributed by atoms with Crippen molar-refractivity contribution in [3.05, 3.63) is 48.2 Å². The van der Waals surface area contributed by atoms with Crippen molar-refractivity contribution in [2.45, 2.75) is 6.61 Å². The van der Waals surface area contributed by atoms with Crippen LogP contribution in [0.5, 0.6) is 5.75 Å². The van der Waals surface area contributed by atoms with E-state index in [2.05, 4.69) is 25.3 Å². The molecule has 1 aromatic carbocycles. The van der Waals surface area contributed by atoms with E-state index in [9.17, 15) is 8.78 Å². The van der Waals surface area contributed by atoms with Gasteiger partial charge in [0.1, 0.15) is 18.8 Å². The van der Waals surface area contributed by atoms with Gasteiger partial charge in [-0.25, -0.2) is 23.3 Å². The highest BCUT2D eigenvalue weighted by molar-refractivity contribution is 5.87. The van der Waals surface area contributed by atoms with Crippen molar-refractivity contribution < 1.29 is 13.5 Å². The Bertz CT molecular complexity index is 979. The van der Waals surface area contributed by atoms with Crippen LogP contribution < -0.4 is 4.74 Å². The monoisotopic (exact) mass is 302 g/mol. The second-order valence-electron chi connectivity index (χ2n) is 4.54. The molecule has 0 bridgehead atoms. The fourth-order valence-electron chi connectivity index (χ4n) is 2.08. The summed E-state index contributed by atoms with van der Waals surface area (Å²) in [5.74, 6) is -1.15. The second kappa shape index (κ2) is 4.72. The zero-order chi connectivity index (χ0) is 15.1. The van der Waals surface area contributed by atoms with Crippen molar-refractivity contribution in [3.63, 3.8) is 0 Å². The first-order valence-electron chi connectivity index (χ1n) is 6.32. The Labute approximate surface area is 121 Å². The lowest BCUT2D eigenvalue weighted by molar-refractivity contribution is 0.280. The van der Waals surface area contributed by atoms with Gasteiger partial charge in [0.15, 0.2) is 28.7 Å². The lowest BCUT2D eigenvalue weighted by atomic mass is 10.3. The van der Waals surface area contributed by atoms with Gasteiger partial charge in [0, 0.05) is 6.07 Å². The third-order valence-corrected chi connectivity index (χ3v) is 3.08. The van der Waals surface area contributed by atoms with Crippen molar-refractivity contribution in [1.82, 2.24) is 29.8 Å². The predicted molar refractivity (Wildman–Crippen MR) is 71.1 cm³/mol. The summed E-state index contributed by atoms with van der Waals surface area (Å²) in [4.78, 5) is 8.43. The number of hydrogen-bond acceptors (Lipinski definition) is 5. The number of nitrogens with one attached hydrogen (secondary N) is 1. The Morgan fingerprint density at radius 3 is 3.05 bits per heavy atom. The SMILES string of the molecule is Fc1ccc(OCc2nc3c4cn[nH]c4ncn3n2)c(F)c1. The maximum Gasteiger partial charge on any atom is 0.189 e. The van der Waals surface area contributed by atoms with Gasteiger partial charge >= 0.3 is 0 Å². The molecule has 9 heteroatoms. The van der Waals surface area contributed by atoms with E-state index >= 15 is 0 Å². The number of rotatable bonds is 3. The number of hydrogen-bond donors (Lipinski definition) is 1. The van der Waals surface area contributed by atoms with Crippen LogP contribution in [-0.2, 0) is 6.61 Å². The molecule has 3 aromatic heterocycles. The molecule has 7 nitrogen and oxygen atoms in total. The predicted octanol–water partition coefficient (Wildman–Crippen LogP) is 1.86.